The second kappa shape index (κ2) is 6.05. The molecule has 0 aliphatic carbocycles. The zero-order valence-corrected chi connectivity index (χ0v) is 10.7. The number of aromatic nitrogens is 3. The van der Waals surface area contributed by atoms with Gasteiger partial charge in [-0.3, -0.25) is 4.68 Å². The van der Waals surface area contributed by atoms with E-state index >= 15 is 0 Å². The number of rotatable bonds is 5. The maximum atomic E-state index is 5.34. The van der Waals surface area contributed by atoms with Gasteiger partial charge in [0.15, 0.2) is 5.82 Å². The Morgan fingerprint density at radius 2 is 2.33 bits per heavy atom. The summed E-state index contributed by atoms with van der Waals surface area (Å²) < 4.78 is 7.08. The fraction of sp³-hybridized carbons (Fsp3) is 0.250. The molecule has 2 rings (SSSR count). The number of aliphatic imine (C=N–C) groups is 1. The van der Waals surface area contributed by atoms with E-state index in [1.807, 2.05) is 31.3 Å². The molecule has 2 heterocycles. The third-order valence-electron chi connectivity index (χ3n) is 2.18. The molecule has 92 valence electrons. The van der Waals surface area contributed by atoms with E-state index in [0.717, 1.165) is 5.69 Å². The first-order valence-electron chi connectivity index (χ1n) is 5.52. The predicted octanol–water partition coefficient (Wildman–Crippen LogP) is 2.46. The molecule has 0 saturated heterocycles. The highest BCUT2D eigenvalue weighted by molar-refractivity contribution is 7.78. The molecule has 2 aromatic heterocycles. The van der Waals surface area contributed by atoms with Gasteiger partial charge in [0.2, 0.25) is 5.88 Å². The van der Waals surface area contributed by atoms with E-state index in [1.165, 1.54) is 0 Å². The van der Waals surface area contributed by atoms with Crippen LogP contribution in [0.2, 0.25) is 0 Å². The van der Waals surface area contributed by atoms with E-state index in [-0.39, 0.29) is 0 Å². The zero-order chi connectivity index (χ0) is 12.8. The van der Waals surface area contributed by atoms with Crippen LogP contribution < -0.4 is 4.74 Å². The van der Waals surface area contributed by atoms with E-state index in [1.54, 1.807) is 10.7 Å². The van der Waals surface area contributed by atoms with E-state index < -0.39 is 0 Å². The Morgan fingerprint density at radius 3 is 3.11 bits per heavy atom. The molecule has 5 nitrogen and oxygen atoms in total. The van der Waals surface area contributed by atoms with Crippen LogP contribution in [-0.4, -0.2) is 26.5 Å². The van der Waals surface area contributed by atoms with Gasteiger partial charge in [0.25, 0.3) is 0 Å². The zero-order valence-electron chi connectivity index (χ0n) is 9.91. The van der Waals surface area contributed by atoms with E-state index in [2.05, 4.69) is 32.5 Å². The normalized spacial score (nSPS) is 9.83. The molecule has 0 N–H and O–H groups in total. The highest BCUT2D eigenvalue weighted by Crippen LogP contribution is 2.10. The number of hydrogen-bond donors (Lipinski definition) is 0. The molecule has 0 unspecified atom stereocenters. The summed E-state index contributed by atoms with van der Waals surface area (Å²) in [5.41, 5.74) is 0.877. The fourth-order valence-electron chi connectivity index (χ4n) is 1.49. The van der Waals surface area contributed by atoms with Gasteiger partial charge in [-0.25, -0.2) is 4.98 Å². The molecule has 0 amide bonds. The van der Waals surface area contributed by atoms with Crippen molar-refractivity contribution in [2.45, 2.75) is 13.5 Å². The summed E-state index contributed by atoms with van der Waals surface area (Å²) in [5.74, 6) is 1.17. The van der Waals surface area contributed by atoms with Crippen molar-refractivity contribution in [3.05, 3.63) is 36.2 Å². The van der Waals surface area contributed by atoms with Gasteiger partial charge in [0, 0.05) is 18.3 Å². The van der Waals surface area contributed by atoms with Gasteiger partial charge in [-0.15, -0.1) is 0 Å². The molecule has 0 bridgehead atoms. The van der Waals surface area contributed by atoms with Crippen LogP contribution in [0.5, 0.6) is 5.88 Å². The molecule has 0 fully saturated rings. The van der Waals surface area contributed by atoms with E-state index in [0.29, 0.717) is 24.8 Å². The van der Waals surface area contributed by atoms with Crippen LogP contribution in [0.3, 0.4) is 0 Å². The molecule has 0 aliphatic rings. The number of nitrogens with zero attached hydrogens (tertiary/aromatic N) is 4. The van der Waals surface area contributed by atoms with Gasteiger partial charge < -0.3 is 4.74 Å². The molecule has 2 aromatic rings. The molecule has 0 spiro atoms. The van der Waals surface area contributed by atoms with E-state index in [4.69, 9.17) is 4.74 Å². The molecular weight excluding hydrogens is 248 g/mol. The van der Waals surface area contributed by atoms with Crippen LogP contribution in [0.4, 0.5) is 5.82 Å². The summed E-state index contributed by atoms with van der Waals surface area (Å²) in [6.07, 6.45) is 1.82. The van der Waals surface area contributed by atoms with Crippen molar-refractivity contribution < 1.29 is 4.74 Å². The van der Waals surface area contributed by atoms with Crippen LogP contribution in [0.25, 0.3) is 0 Å². The second-order valence-electron chi connectivity index (χ2n) is 3.47. The monoisotopic (exact) mass is 260 g/mol. The minimum absolute atomic E-state index is 0.547. The molecule has 0 radical (unpaired) electrons. The van der Waals surface area contributed by atoms with Crippen molar-refractivity contribution in [2.24, 2.45) is 4.99 Å². The average molecular weight is 260 g/mol. The molecule has 18 heavy (non-hydrogen) atoms. The van der Waals surface area contributed by atoms with Crippen molar-refractivity contribution >= 4 is 23.2 Å². The van der Waals surface area contributed by atoms with E-state index in [9.17, 15) is 0 Å². The SMILES string of the molecule is CCOc1cccc(Cn2ccc(N=C=S)n2)n1. The van der Waals surface area contributed by atoms with Gasteiger partial charge in [-0.1, -0.05) is 6.07 Å². The fourth-order valence-corrected chi connectivity index (χ4v) is 1.58. The summed E-state index contributed by atoms with van der Waals surface area (Å²) in [6.45, 7) is 3.09. The van der Waals surface area contributed by atoms with Crippen molar-refractivity contribution in [2.75, 3.05) is 6.61 Å². The Balaban J connectivity index is 2.12. The summed E-state index contributed by atoms with van der Waals surface area (Å²) in [6, 6.07) is 7.43. The standard InChI is InChI=1S/C12H12N4OS/c1-2-17-12-5-3-4-10(14-12)8-16-7-6-11(15-16)13-9-18/h3-7H,2,8H2,1H3. The Kier molecular flexibility index (Phi) is 4.17. The van der Waals surface area contributed by atoms with Gasteiger partial charge in [0.05, 0.1) is 24.0 Å². The summed E-state index contributed by atoms with van der Waals surface area (Å²) >= 11 is 4.52. The number of thiocarbonyl (C=S) groups is 1. The van der Waals surface area contributed by atoms with Crippen molar-refractivity contribution in [1.29, 1.82) is 0 Å². The first-order chi connectivity index (χ1) is 8.81. The largest absolute Gasteiger partial charge is 0.478 e. The number of isothiocyanates is 1. The molecular formula is C12H12N4OS. The van der Waals surface area contributed by atoms with Crippen molar-refractivity contribution in [1.82, 2.24) is 14.8 Å². The maximum Gasteiger partial charge on any atom is 0.213 e. The second-order valence-corrected chi connectivity index (χ2v) is 3.66. The van der Waals surface area contributed by atoms with Gasteiger partial charge in [-0.2, -0.15) is 10.1 Å². The third-order valence-corrected chi connectivity index (χ3v) is 2.28. The molecule has 6 heteroatoms. The first kappa shape index (κ1) is 12.4. The maximum absolute atomic E-state index is 5.34. The molecule has 0 aliphatic heterocycles. The van der Waals surface area contributed by atoms with Crippen LogP contribution >= 0.6 is 12.2 Å². The van der Waals surface area contributed by atoms with Crippen LogP contribution in [0.1, 0.15) is 12.6 Å². The van der Waals surface area contributed by atoms with Crippen LogP contribution in [-0.2, 0) is 6.54 Å². The number of ether oxygens (including phenoxy) is 1. The Bertz CT molecular complexity index is 575. The van der Waals surface area contributed by atoms with Gasteiger partial charge >= 0.3 is 0 Å². The topological polar surface area (TPSA) is 52.3 Å². The summed E-state index contributed by atoms with van der Waals surface area (Å²) in [5, 5.41) is 6.49. The summed E-state index contributed by atoms with van der Waals surface area (Å²) in [4.78, 5) is 8.17. The van der Waals surface area contributed by atoms with Crippen molar-refractivity contribution in [3.63, 3.8) is 0 Å². The first-order valence-corrected chi connectivity index (χ1v) is 5.92. The molecule has 0 aromatic carbocycles. The molecule has 0 saturated carbocycles. The van der Waals surface area contributed by atoms with Gasteiger partial charge in [-0.05, 0) is 25.2 Å². The summed E-state index contributed by atoms with van der Waals surface area (Å²) in [7, 11) is 0. The van der Waals surface area contributed by atoms with Gasteiger partial charge in [0.1, 0.15) is 0 Å². The van der Waals surface area contributed by atoms with Crippen LogP contribution in [0, 0.1) is 0 Å². The minimum Gasteiger partial charge on any atom is -0.478 e. The highest BCUT2D eigenvalue weighted by atomic mass is 32.1. The number of pyridine rings is 1. The quantitative estimate of drug-likeness (QED) is 0.612. The number of hydrogen-bond acceptors (Lipinski definition) is 5. The Labute approximate surface area is 110 Å². The smallest absolute Gasteiger partial charge is 0.213 e. The lowest BCUT2D eigenvalue weighted by atomic mass is 10.3. The van der Waals surface area contributed by atoms with Crippen LogP contribution in [0.15, 0.2) is 35.5 Å². The Morgan fingerprint density at radius 1 is 1.44 bits per heavy atom. The minimum atomic E-state index is 0.547. The lowest BCUT2D eigenvalue weighted by Gasteiger charge is -2.04. The lowest BCUT2D eigenvalue weighted by molar-refractivity contribution is 0.325. The van der Waals surface area contributed by atoms with Crippen molar-refractivity contribution in [3.8, 4) is 5.88 Å². The predicted molar refractivity (Wildman–Crippen MR) is 71.4 cm³/mol. The highest BCUT2D eigenvalue weighted by Gasteiger charge is 2.01. The Hall–Kier alpha value is -2.04. The molecule has 0 atom stereocenters. The average Bonchev–Trinajstić information content (AvgIpc) is 2.78. The lowest BCUT2D eigenvalue weighted by Crippen LogP contribution is -2.03. The third kappa shape index (κ3) is 3.23.